The number of benzene rings is 3. The number of nitrogens with zero attached hydrogens (tertiary/aromatic N) is 4. The molecule has 2 heterocycles. The SMILES string of the molecule is COc1cccc(S(=O)(=O)N2CC(C(=O)N3CCN(c4cc(Cl)ccc4C)CC3)N(c3ccccc3Cl)C2=O)c1. The zero-order chi connectivity index (χ0) is 28.6. The van der Waals surface area contributed by atoms with Crippen molar-refractivity contribution in [2.45, 2.75) is 17.9 Å². The van der Waals surface area contributed by atoms with Crippen LogP contribution >= 0.6 is 23.2 Å². The fourth-order valence-corrected chi connectivity index (χ4v) is 6.86. The van der Waals surface area contributed by atoms with Crippen LogP contribution in [0.25, 0.3) is 0 Å². The number of hydrogen-bond acceptors (Lipinski definition) is 6. The molecular weight excluding hydrogens is 575 g/mol. The van der Waals surface area contributed by atoms with E-state index in [2.05, 4.69) is 4.90 Å². The van der Waals surface area contributed by atoms with Crippen molar-refractivity contribution in [3.8, 4) is 5.75 Å². The Hall–Kier alpha value is -3.47. The lowest BCUT2D eigenvalue weighted by Crippen LogP contribution is -2.55. The van der Waals surface area contributed by atoms with E-state index in [1.807, 2.05) is 25.1 Å². The van der Waals surface area contributed by atoms with Crippen LogP contribution in [0.4, 0.5) is 16.2 Å². The second kappa shape index (κ2) is 11.2. The van der Waals surface area contributed by atoms with E-state index in [9.17, 15) is 18.0 Å². The van der Waals surface area contributed by atoms with Gasteiger partial charge in [-0.25, -0.2) is 17.5 Å². The third-order valence-corrected chi connectivity index (χ3v) is 9.49. The molecular formula is C28H28Cl2N4O5S. The molecule has 2 aliphatic rings. The van der Waals surface area contributed by atoms with Crippen LogP contribution in [-0.2, 0) is 14.8 Å². The first-order chi connectivity index (χ1) is 19.1. The highest BCUT2D eigenvalue weighted by molar-refractivity contribution is 7.89. The van der Waals surface area contributed by atoms with Crippen molar-refractivity contribution in [3.05, 3.63) is 82.3 Å². The van der Waals surface area contributed by atoms with Crippen LogP contribution in [0.1, 0.15) is 5.56 Å². The molecule has 0 aliphatic carbocycles. The predicted octanol–water partition coefficient (Wildman–Crippen LogP) is 4.66. The number of hydrogen-bond donors (Lipinski definition) is 0. The van der Waals surface area contributed by atoms with Gasteiger partial charge >= 0.3 is 6.03 Å². The van der Waals surface area contributed by atoms with Crippen molar-refractivity contribution in [1.29, 1.82) is 0 Å². The Bertz CT molecular complexity index is 1560. The molecule has 2 fully saturated rings. The largest absolute Gasteiger partial charge is 0.497 e. The molecule has 0 bridgehead atoms. The second-order valence-corrected chi connectivity index (χ2v) is 12.3. The lowest BCUT2D eigenvalue weighted by molar-refractivity contribution is -0.132. The number of para-hydroxylation sites is 1. The molecule has 1 unspecified atom stereocenters. The van der Waals surface area contributed by atoms with Gasteiger partial charge in [-0.05, 0) is 48.9 Å². The molecule has 0 spiro atoms. The number of halogens is 2. The average Bonchev–Trinajstić information content (AvgIpc) is 3.31. The summed E-state index contributed by atoms with van der Waals surface area (Å²) in [4.78, 5) is 32.6. The molecule has 2 saturated heterocycles. The van der Waals surface area contributed by atoms with Crippen molar-refractivity contribution >= 4 is 56.5 Å². The normalized spacial score (nSPS) is 17.9. The van der Waals surface area contributed by atoms with Gasteiger partial charge in [0.15, 0.2) is 0 Å². The first kappa shape index (κ1) is 28.1. The Kier molecular flexibility index (Phi) is 7.85. The van der Waals surface area contributed by atoms with Crippen LogP contribution in [0.2, 0.25) is 10.0 Å². The fourth-order valence-electron chi connectivity index (χ4n) is 5.07. The highest BCUT2D eigenvalue weighted by Gasteiger charge is 2.49. The lowest BCUT2D eigenvalue weighted by Gasteiger charge is -2.38. The molecule has 3 amide bonds. The molecule has 12 heteroatoms. The molecule has 5 rings (SSSR count). The standard InChI is InChI=1S/C28H28Cl2N4O5S/c1-19-10-11-20(29)16-25(19)31-12-14-32(15-13-31)27(35)26-18-33(28(36)34(26)24-9-4-3-8-23(24)30)40(37,38)22-7-5-6-21(17-22)39-2/h3-11,16-17,26H,12-15,18H2,1-2H3. The number of methoxy groups -OCH3 is 1. The molecule has 3 aromatic carbocycles. The summed E-state index contributed by atoms with van der Waals surface area (Å²) in [5, 5.41) is 0.867. The molecule has 9 nitrogen and oxygen atoms in total. The minimum absolute atomic E-state index is 0.113. The van der Waals surface area contributed by atoms with Gasteiger partial charge in [0.25, 0.3) is 10.0 Å². The van der Waals surface area contributed by atoms with Gasteiger partial charge in [0.1, 0.15) is 11.8 Å². The van der Waals surface area contributed by atoms with E-state index in [1.54, 1.807) is 35.2 Å². The zero-order valence-electron chi connectivity index (χ0n) is 22.0. The van der Waals surface area contributed by atoms with Gasteiger partial charge < -0.3 is 14.5 Å². The number of anilines is 2. The minimum atomic E-state index is -4.30. The Morgan fingerprint density at radius 3 is 2.35 bits per heavy atom. The molecule has 0 N–H and O–H groups in total. The summed E-state index contributed by atoms with van der Waals surface area (Å²) >= 11 is 12.7. The maximum Gasteiger partial charge on any atom is 0.339 e. The predicted molar refractivity (Wildman–Crippen MR) is 155 cm³/mol. The Morgan fingerprint density at radius 1 is 0.925 bits per heavy atom. The topological polar surface area (TPSA) is 90.5 Å². The highest BCUT2D eigenvalue weighted by atomic mass is 35.5. The van der Waals surface area contributed by atoms with Gasteiger partial charge in [-0.15, -0.1) is 0 Å². The Morgan fingerprint density at radius 2 is 1.65 bits per heavy atom. The number of rotatable bonds is 6. The van der Waals surface area contributed by atoms with E-state index in [-0.39, 0.29) is 28.1 Å². The third-order valence-electron chi connectivity index (χ3n) is 7.20. The Balaban J connectivity index is 1.43. The number of piperazine rings is 1. The van der Waals surface area contributed by atoms with Crippen LogP contribution in [0.3, 0.4) is 0 Å². The van der Waals surface area contributed by atoms with Gasteiger partial charge in [0, 0.05) is 43.0 Å². The van der Waals surface area contributed by atoms with Crippen LogP contribution in [0.15, 0.2) is 71.6 Å². The average molecular weight is 604 g/mol. The number of amides is 3. The van der Waals surface area contributed by atoms with E-state index >= 15 is 0 Å². The van der Waals surface area contributed by atoms with E-state index < -0.39 is 22.1 Å². The zero-order valence-corrected chi connectivity index (χ0v) is 24.3. The summed E-state index contributed by atoms with van der Waals surface area (Å²) in [5.41, 5.74) is 2.35. The molecule has 0 saturated carbocycles. The Labute approximate surface area is 243 Å². The van der Waals surface area contributed by atoms with E-state index in [0.29, 0.717) is 37.0 Å². The molecule has 40 heavy (non-hydrogen) atoms. The number of sulfonamides is 1. The smallest absolute Gasteiger partial charge is 0.339 e. The minimum Gasteiger partial charge on any atom is -0.497 e. The maximum atomic E-state index is 13.9. The molecule has 210 valence electrons. The summed E-state index contributed by atoms with van der Waals surface area (Å²) in [7, 11) is -2.87. The quantitative estimate of drug-likeness (QED) is 0.407. The van der Waals surface area contributed by atoms with Crippen molar-refractivity contribution < 1.29 is 22.7 Å². The first-order valence-electron chi connectivity index (χ1n) is 12.7. The highest BCUT2D eigenvalue weighted by Crippen LogP contribution is 2.35. The monoisotopic (exact) mass is 602 g/mol. The number of urea groups is 1. The number of carbonyl (C=O) groups is 2. The van der Waals surface area contributed by atoms with E-state index in [0.717, 1.165) is 15.6 Å². The molecule has 0 aromatic heterocycles. The lowest BCUT2D eigenvalue weighted by atomic mass is 10.1. The summed E-state index contributed by atoms with van der Waals surface area (Å²) in [6.07, 6.45) is 0. The molecule has 2 aliphatic heterocycles. The number of carbonyl (C=O) groups excluding carboxylic acids is 2. The van der Waals surface area contributed by atoms with Crippen molar-refractivity contribution in [1.82, 2.24) is 9.21 Å². The summed E-state index contributed by atoms with van der Waals surface area (Å²) in [6, 6.07) is 16.2. The molecule has 1 atom stereocenters. The van der Waals surface area contributed by atoms with Crippen LogP contribution < -0.4 is 14.5 Å². The summed E-state index contributed by atoms with van der Waals surface area (Å²) < 4.78 is 33.2. The number of ether oxygens (including phenoxy) is 1. The van der Waals surface area contributed by atoms with E-state index in [4.69, 9.17) is 27.9 Å². The van der Waals surface area contributed by atoms with Gasteiger partial charge in [0.05, 0.1) is 29.3 Å². The van der Waals surface area contributed by atoms with Gasteiger partial charge in [-0.3, -0.25) is 9.69 Å². The van der Waals surface area contributed by atoms with Crippen molar-refractivity contribution in [2.24, 2.45) is 0 Å². The van der Waals surface area contributed by atoms with Crippen LogP contribution in [-0.4, -0.2) is 75.4 Å². The first-order valence-corrected chi connectivity index (χ1v) is 14.9. The van der Waals surface area contributed by atoms with Crippen molar-refractivity contribution in [3.63, 3.8) is 0 Å². The molecule has 0 radical (unpaired) electrons. The van der Waals surface area contributed by atoms with E-state index in [1.165, 1.54) is 30.2 Å². The van der Waals surface area contributed by atoms with Gasteiger partial charge in [-0.1, -0.05) is 47.5 Å². The second-order valence-electron chi connectivity index (χ2n) is 9.58. The summed E-state index contributed by atoms with van der Waals surface area (Å²) in [5.74, 6) is -0.0183. The maximum absolute atomic E-state index is 13.9. The third kappa shape index (κ3) is 5.18. The van der Waals surface area contributed by atoms with Crippen LogP contribution in [0.5, 0.6) is 5.75 Å². The fraction of sp³-hybridized carbons (Fsp3) is 0.286. The number of aryl methyl sites for hydroxylation is 1. The van der Waals surface area contributed by atoms with Gasteiger partial charge in [0.2, 0.25) is 5.91 Å². The van der Waals surface area contributed by atoms with Crippen molar-refractivity contribution in [2.75, 3.05) is 49.6 Å². The summed E-state index contributed by atoms with van der Waals surface area (Å²) in [6.45, 7) is 3.57. The van der Waals surface area contributed by atoms with Crippen LogP contribution in [0, 0.1) is 6.92 Å². The van der Waals surface area contributed by atoms with Gasteiger partial charge in [-0.2, -0.15) is 0 Å². The molecule has 3 aromatic rings.